The van der Waals surface area contributed by atoms with E-state index in [1.165, 1.54) is 16.2 Å². The van der Waals surface area contributed by atoms with E-state index in [9.17, 15) is 4.79 Å². The van der Waals surface area contributed by atoms with Gasteiger partial charge in [0.2, 0.25) is 0 Å². The number of H-pyrrole nitrogens is 1. The highest BCUT2D eigenvalue weighted by atomic mass is 32.1. The zero-order valence-electron chi connectivity index (χ0n) is 12.0. The summed E-state index contributed by atoms with van der Waals surface area (Å²) in [5.74, 6) is 0. The highest BCUT2D eigenvalue weighted by Crippen LogP contribution is 2.26. The van der Waals surface area contributed by atoms with Gasteiger partial charge in [-0.3, -0.25) is 9.78 Å². The number of urea groups is 1. The first-order valence-electron chi connectivity index (χ1n) is 6.44. The van der Waals surface area contributed by atoms with Crippen LogP contribution in [0.3, 0.4) is 0 Å². The minimum Gasteiger partial charge on any atom is -0.322 e. The van der Waals surface area contributed by atoms with Crippen molar-refractivity contribution in [1.82, 2.24) is 35.1 Å². The number of carbonyl (C=O) groups is 1. The van der Waals surface area contributed by atoms with Gasteiger partial charge in [-0.25, -0.2) is 9.78 Å². The number of aromatic nitrogens is 6. The average molecular weight is 318 g/mol. The Hall–Kier alpha value is -2.75. The van der Waals surface area contributed by atoms with Crippen molar-refractivity contribution in [2.45, 2.75) is 6.54 Å². The smallest absolute Gasteiger partial charge is 0.322 e. The molecular formula is C12H14N8OS. The first kappa shape index (κ1) is 14.2. The molecule has 3 heterocycles. The van der Waals surface area contributed by atoms with E-state index in [-0.39, 0.29) is 6.03 Å². The molecule has 0 radical (unpaired) electrons. The zero-order chi connectivity index (χ0) is 15.5. The molecule has 3 aromatic rings. The van der Waals surface area contributed by atoms with Gasteiger partial charge in [0, 0.05) is 31.9 Å². The molecule has 22 heavy (non-hydrogen) atoms. The number of nitrogens with zero attached hydrogens (tertiary/aromatic N) is 6. The number of nitrogens with one attached hydrogen (secondary N) is 2. The van der Waals surface area contributed by atoms with Crippen LogP contribution in [-0.2, 0) is 13.6 Å². The molecule has 0 saturated heterocycles. The molecule has 2 amide bonds. The molecule has 0 atom stereocenters. The second kappa shape index (κ2) is 5.93. The summed E-state index contributed by atoms with van der Waals surface area (Å²) in [5, 5.41) is 20.0. The highest BCUT2D eigenvalue weighted by Gasteiger charge is 2.16. The van der Waals surface area contributed by atoms with Crippen LogP contribution in [0, 0.1) is 0 Å². The molecule has 0 unspecified atom stereocenters. The summed E-state index contributed by atoms with van der Waals surface area (Å²) >= 11 is 1.47. The Morgan fingerprint density at radius 2 is 2.41 bits per heavy atom. The number of rotatable bonds is 4. The monoisotopic (exact) mass is 318 g/mol. The van der Waals surface area contributed by atoms with E-state index in [1.807, 2.05) is 5.38 Å². The minimum absolute atomic E-state index is 0.259. The number of hydrogen-bond donors (Lipinski definition) is 2. The molecule has 2 N–H and O–H groups in total. The van der Waals surface area contributed by atoms with Gasteiger partial charge in [-0.1, -0.05) is 5.21 Å². The molecule has 0 fully saturated rings. The summed E-state index contributed by atoms with van der Waals surface area (Å²) in [7, 11) is 3.47. The van der Waals surface area contributed by atoms with Crippen molar-refractivity contribution >= 4 is 23.1 Å². The van der Waals surface area contributed by atoms with Crippen LogP contribution in [-0.4, -0.2) is 48.2 Å². The van der Waals surface area contributed by atoms with Crippen LogP contribution in [0.5, 0.6) is 0 Å². The van der Waals surface area contributed by atoms with Crippen molar-refractivity contribution in [3.8, 4) is 10.7 Å². The minimum atomic E-state index is -0.259. The van der Waals surface area contributed by atoms with E-state index in [4.69, 9.17) is 0 Å². The van der Waals surface area contributed by atoms with Crippen molar-refractivity contribution in [2.24, 2.45) is 7.05 Å². The van der Waals surface area contributed by atoms with E-state index in [1.54, 1.807) is 37.4 Å². The Labute approximate surface area is 130 Å². The van der Waals surface area contributed by atoms with Crippen molar-refractivity contribution < 1.29 is 4.79 Å². The van der Waals surface area contributed by atoms with E-state index < -0.39 is 0 Å². The van der Waals surface area contributed by atoms with Gasteiger partial charge >= 0.3 is 6.03 Å². The van der Waals surface area contributed by atoms with Crippen LogP contribution in [0.4, 0.5) is 10.5 Å². The number of carbonyl (C=O) groups excluding carboxylic acids is 1. The van der Waals surface area contributed by atoms with E-state index >= 15 is 0 Å². The summed E-state index contributed by atoms with van der Waals surface area (Å²) in [6.07, 6.45) is 5.03. The first-order chi connectivity index (χ1) is 10.6. The molecule has 0 saturated carbocycles. The summed E-state index contributed by atoms with van der Waals surface area (Å²) < 4.78 is 1.59. The zero-order valence-corrected chi connectivity index (χ0v) is 12.8. The van der Waals surface area contributed by atoms with Crippen molar-refractivity contribution in [3.05, 3.63) is 29.7 Å². The first-order valence-corrected chi connectivity index (χ1v) is 7.32. The maximum absolute atomic E-state index is 12.2. The van der Waals surface area contributed by atoms with Gasteiger partial charge in [-0.2, -0.15) is 5.10 Å². The Morgan fingerprint density at radius 1 is 1.55 bits per heavy atom. The number of amides is 2. The molecular weight excluding hydrogens is 304 g/mol. The highest BCUT2D eigenvalue weighted by molar-refractivity contribution is 7.13. The third-order valence-corrected chi connectivity index (χ3v) is 3.71. The van der Waals surface area contributed by atoms with Gasteiger partial charge in [-0.05, 0) is 0 Å². The molecule has 0 spiro atoms. The lowest BCUT2D eigenvalue weighted by Crippen LogP contribution is -2.31. The normalized spacial score (nSPS) is 10.6. The molecule has 9 nitrogen and oxygen atoms in total. The van der Waals surface area contributed by atoms with Crippen LogP contribution >= 0.6 is 11.3 Å². The molecule has 3 rings (SSSR count). The second-order valence-electron chi connectivity index (χ2n) is 4.67. The van der Waals surface area contributed by atoms with Crippen LogP contribution in [0.1, 0.15) is 5.69 Å². The molecule has 0 aromatic carbocycles. The maximum Gasteiger partial charge on any atom is 0.322 e. The van der Waals surface area contributed by atoms with Gasteiger partial charge in [0.25, 0.3) is 0 Å². The summed E-state index contributed by atoms with van der Waals surface area (Å²) in [4.78, 5) is 18.0. The molecule has 0 aliphatic carbocycles. The number of anilines is 1. The standard InChI is InChI=1S/C12H14N8OS/c1-19(6-8-7-20(2)18-16-8)12(21)15-9-5-14-17-10(9)11-13-3-4-22-11/h3-5,7H,6H2,1-2H3,(H,14,17)(H,15,21). The largest absolute Gasteiger partial charge is 0.322 e. The predicted octanol–water partition coefficient (Wildman–Crippen LogP) is 1.33. The van der Waals surface area contributed by atoms with Gasteiger partial charge in [0.15, 0.2) is 0 Å². The average Bonchev–Trinajstić information content (AvgIpc) is 3.20. The number of hydrogen-bond acceptors (Lipinski definition) is 6. The lowest BCUT2D eigenvalue weighted by molar-refractivity contribution is 0.220. The Bertz CT molecular complexity index is 762. The fourth-order valence-corrected chi connectivity index (χ4v) is 2.53. The quantitative estimate of drug-likeness (QED) is 0.755. The van der Waals surface area contributed by atoms with E-state index in [0.29, 0.717) is 23.6 Å². The lowest BCUT2D eigenvalue weighted by Gasteiger charge is -2.16. The fourth-order valence-electron chi connectivity index (χ4n) is 1.88. The molecule has 114 valence electrons. The number of aromatic amines is 1. The van der Waals surface area contributed by atoms with Crippen LogP contribution in [0.25, 0.3) is 10.7 Å². The van der Waals surface area contributed by atoms with Crippen LogP contribution in [0.2, 0.25) is 0 Å². The molecule has 0 bridgehead atoms. The third-order valence-electron chi connectivity index (χ3n) is 2.92. The third kappa shape index (κ3) is 2.96. The summed E-state index contributed by atoms with van der Waals surface area (Å²) in [6, 6.07) is -0.259. The molecule has 10 heteroatoms. The van der Waals surface area contributed by atoms with Crippen LogP contribution < -0.4 is 5.32 Å². The fraction of sp³-hybridized carbons (Fsp3) is 0.250. The van der Waals surface area contributed by atoms with Gasteiger partial charge in [-0.15, -0.1) is 16.4 Å². The van der Waals surface area contributed by atoms with Crippen molar-refractivity contribution in [1.29, 1.82) is 0 Å². The number of thiazole rings is 1. The molecule has 0 aliphatic rings. The molecule has 3 aromatic heterocycles. The summed E-state index contributed by atoms with van der Waals surface area (Å²) in [6.45, 7) is 0.365. The Balaban J connectivity index is 1.68. The number of aryl methyl sites for hydroxylation is 1. The van der Waals surface area contributed by atoms with Crippen LogP contribution in [0.15, 0.2) is 24.0 Å². The Kier molecular flexibility index (Phi) is 3.83. The Morgan fingerprint density at radius 3 is 3.09 bits per heavy atom. The summed E-state index contributed by atoms with van der Waals surface area (Å²) in [5.41, 5.74) is 2.00. The SMILES string of the molecule is CN(Cc1cn(C)nn1)C(=O)Nc1cn[nH]c1-c1nccs1. The van der Waals surface area contributed by atoms with Gasteiger partial charge < -0.3 is 10.2 Å². The second-order valence-corrected chi connectivity index (χ2v) is 5.56. The van der Waals surface area contributed by atoms with Gasteiger partial charge in [0.05, 0.1) is 18.4 Å². The predicted molar refractivity (Wildman–Crippen MR) is 81.2 cm³/mol. The maximum atomic E-state index is 12.2. The van der Waals surface area contributed by atoms with Gasteiger partial charge in [0.1, 0.15) is 16.4 Å². The topological polar surface area (TPSA) is 105 Å². The van der Waals surface area contributed by atoms with E-state index in [2.05, 4.69) is 30.8 Å². The van der Waals surface area contributed by atoms with E-state index in [0.717, 1.165) is 5.01 Å². The van der Waals surface area contributed by atoms with Crippen molar-refractivity contribution in [3.63, 3.8) is 0 Å². The lowest BCUT2D eigenvalue weighted by atomic mass is 10.4. The van der Waals surface area contributed by atoms with Crippen molar-refractivity contribution in [2.75, 3.05) is 12.4 Å². The molecule has 0 aliphatic heterocycles.